The maximum atomic E-state index is 10.6. The third-order valence-corrected chi connectivity index (χ3v) is 2.62. The van der Waals surface area contributed by atoms with Crippen molar-refractivity contribution in [1.29, 1.82) is 0 Å². The molecule has 0 unspecified atom stereocenters. The van der Waals surface area contributed by atoms with Crippen molar-refractivity contribution in [2.24, 2.45) is 0 Å². The van der Waals surface area contributed by atoms with Crippen LogP contribution in [0.4, 0.5) is 5.69 Å². The van der Waals surface area contributed by atoms with Crippen LogP contribution in [-0.2, 0) is 6.42 Å². The smallest absolute Gasteiger partial charge is 0.271 e. The molecule has 0 spiro atoms. The van der Waals surface area contributed by atoms with Crippen LogP contribution in [0.2, 0.25) is 0 Å². The second kappa shape index (κ2) is 4.95. The molecule has 5 heteroatoms. The van der Waals surface area contributed by atoms with Crippen molar-refractivity contribution in [2.75, 3.05) is 0 Å². The zero-order valence-corrected chi connectivity index (χ0v) is 9.68. The van der Waals surface area contributed by atoms with Crippen LogP contribution < -0.4 is 0 Å². The Morgan fingerprint density at radius 1 is 1.41 bits per heavy atom. The van der Waals surface area contributed by atoms with Gasteiger partial charge in [-0.05, 0) is 12.5 Å². The fraction of sp³-hybridized carbons (Fsp3) is 0.417. The molecule has 2 rings (SSSR count). The second-order valence-corrected chi connectivity index (χ2v) is 3.97. The maximum absolute atomic E-state index is 10.6. The normalized spacial score (nSPS) is 10.9. The summed E-state index contributed by atoms with van der Waals surface area (Å²) in [5.41, 5.74) is 1.22. The molecule has 2 aromatic rings. The molecule has 0 N–H and O–H groups in total. The zero-order chi connectivity index (χ0) is 12.3. The lowest BCUT2D eigenvalue weighted by molar-refractivity contribution is -0.384. The Hall–Kier alpha value is -1.91. The number of rotatable bonds is 5. The topological polar surface area (TPSA) is 69.2 Å². The molecule has 0 aliphatic rings. The molecule has 0 fully saturated rings. The zero-order valence-electron chi connectivity index (χ0n) is 9.68. The Labute approximate surface area is 98.6 Å². The van der Waals surface area contributed by atoms with Crippen molar-refractivity contribution in [3.05, 3.63) is 34.2 Å². The molecule has 1 aromatic carbocycles. The molecule has 90 valence electrons. The number of benzene rings is 1. The number of fused-ring (bicyclic) bond motifs is 1. The summed E-state index contributed by atoms with van der Waals surface area (Å²) >= 11 is 0. The lowest BCUT2D eigenvalue weighted by Crippen LogP contribution is -1.86. The van der Waals surface area contributed by atoms with Crippen molar-refractivity contribution in [3.63, 3.8) is 0 Å². The minimum atomic E-state index is -0.426. The van der Waals surface area contributed by atoms with Crippen molar-refractivity contribution < 1.29 is 9.34 Å². The third kappa shape index (κ3) is 2.61. The van der Waals surface area contributed by atoms with E-state index in [0.29, 0.717) is 17.0 Å². The first-order valence-electron chi connectivity index (χ1n) is 5.74. The van der Waals surface area contributed by atoms with Gasteiger partial charge in [0, 0.05) is 18.6 Å². The van der Waals surface area contributed by atoms with Crippen LogP contribution in [-0.4, -0.2) is 9.91 Å². The maximum Gasteiger partial charge on any atom is 0.271 e. The summed E-state index contributed by atoms with van der Waals surface area (Å²) in [5, 5.41) is 10.6. The summed E-state index contributed by atoms with van der Waals surface area (Å²) in [6.07, 6.45) is 4.10. The highest BCUT2D eigenvalue weighted by Gasteiger charge is 2.11. The molecule has 17 heavy (non-hydrogen) atoms. The molecule has 0 bridgehead atoms. The molecule has 5 nitrogen and oxygen atoms in total. The molecule has 0 aliphatic carbocycles. The van der Waals surface area contributed by atoms with E-state index in [-0.39, 0.29) is 5.69 Å². The molecule has 1 heterocycles. The fourth-order valence-corrected chi connectivity index (χ4v) is 1.71. The molecule has 0 aliphatic heterocycles. The number of oxazole rings is 1. The largest absolute Gasteiger partial charge is 0.441 e. The number of unbranched alkanes of at least 4 members (excludes halogenated alkanes) is 2. The van der Waals surface area contributed by atoms with Gasteiger partial charge in [-0.1, -0.05) is 19.8 Å². The van der Waals surface area contributed by atoms with Gasteiger partial charge in [0.2, 0.25) is 0 Å². The summed E-state index contributed by atoms with van der Waals surface area (Å²) < 4.78 is 5.52. The van der Waals surface area contributed by atoms with Gasteiger partial charge in [-0.2, -0.15) is 0 Å². The quantitative estimate of drug-likeness (QED) is 0.451. The number of nitro benzene ring substituents is 1. The average Bonchev–Trinajstić information content (AvgIpc) is 2.70. The summed E-state index contributed by atoms with van der Waals surface area (Å²) in [7, 11) is 0. The Bertz CT molecular complexity index is 534. The molecule has 0 saturated carbocycles. The summed E-state index contributed by atoms with van der Waals surface area (Å²) in [5.74, 6) is 0.661. The van der Waals surface area contributed by atoms with Crippen LogP contribution >= 0.6 is 0 Å². The highest BCUT2D eigenvalue weighted by molar-refractivity contribution is 5.75. The predicted molar refractivity (Wildman–Crippen MR) is 63.9 cm³/mol. The lowest BCUT2D eigenvalue weighted by Gasteiger charge is -1.92. The highest BCUT2D eigenvalue weighted by atomic mass is 16.6. The number of nitro groups is 1. The molecule has 1 aromatic heterocycles. The summed E-state index contributed by atoms with van der Waals surface area (Å²) in [6, 6.07) is 4.48. The fourth-order valence-electron chi connectivity index (χ4n) is 1.71. The second-order valence-electron chi connectivity index (χ2n) is 3.97. The molecule has 0 radical (unpaired) electrons. The molecule has 0 atom stereocenters. The minimum absolute atomic E-state index is 0.0471. The van der Waals surface area contributed by atoms with Crippen molar-refractivity contribution in [2.45, 2.75) is 32.6 Å². The van der Waals surface area contributed by atoms with E-state index < -0.39 is 4.92 Å². The van der Waals surface area contributed by atoms with Gasteiger partial charge in [0.15, 0.2) is 11.5 Å². The van der Waals surface area contributed by atoms with Crippen molar-refractivity contribution >= 4 is 16.8 Å². The van der Waals surface area contributed by atoms with E-state index in [2.05, 4.69) is 11.9 Å². The van der Waals surface area contributed by atoms with Crippen molar-refractivity contribution in [3.8, 4) is 0 Å². The van der Waals surface area contributed by atoms with E-state index in [1.807, 2.05) is 0 Å². The van der Waals surface area contributed by atoms with Crippen LogP contribution in [0, 0.1) is 10.1 Å². The predicted octanol–water partition coefficient (Wildman–Crippen LogP) is 3.47. The Morgan fingerprint density at radius 3 is 2.94 bits per heavy atom. The average molecular weight is 234 g/mol. The van der Waals surface area contributed by atoms with Crippen LogP contribution in [0.15, 0.2) is 22.6 Å². The number of hydrogen-bond acceptors (Lipinski definition) is 4. The highest BCUT2D eigenvalue weighted by Crippen LogP contribution is 2.22. The van der Waals surface area contributed by atoms with E-state index in [0.717, 1.165) is 25.7 Å². The summed E-state index contributed by atoms with van der Waals surface area (Å²) in [4.78, 5) is 14.4. The van der Waals surface area contributed by atoms with Crippen LogP contribution in [0.1, 0.15) is 32.1 Å². The number of aromatic nitrogens is 1. The van der Waals surface area contributed by atoms with E-state index in [1.54, 1.807) is 6.07 Å². The van der Waals surface area contributed by atoms with Crippen LogP contribution in [0.25, 0.3) is 11.1 Å². The van der Waals surface area contributed by atoms with Gasteiger partial charge >= 0.3 is 0 Å². The first-order chi connectivity index (χ1) is 8.20. The SMILES string of the molecule is CCCCCc1nc2cc([N+](=O)[O-])ccc2o1. The van der Waals surface area contributed by atoms with Crippen molar-refractivity contribution in [1.82, 2.24) is 4.98 Å². The minimum Gasteiger partial charge on any atom is -0.441 e. The van der Waals surface area contributed by atoms with Gasteiger partial charge in [0.25, 0.3) is 5.69 Å². The first kappa shape index (κ1) is 11.6. The standard InChI is InChI=1S/C12H14N2O3/c1-2-3-4-5-12-13-10-8-9(14(15)16)6-7-11(10)17-12/h6-8H,2-5H2,1H3. The molecule has 0 saturated heterocycles. The van der Waals surface area contributed by atoms with E-state index in [9.17, 15) is 10.1 Å². The van der Waals surface area contributed by atoms with Gasteiger partial charge < -0.3 is 4.42 Å². The number of aryl methyl sites for hydroxylation is 1. The molecule has 0 amide bonds. The van der Waals surface area contributed by atoms with Gasteiger partial charge in [0.05, 0.1) is 4.92 Å². The van der Waals surface area contributed by atoms with E-state index in [4.69, 9.17) is 4.42 Å². The van der Waals surface area contributed by atoms with Gasteiger partial charge in [-0.3, -0.25) is 10.1 Å². The molecular formula is C12H14N2O3. The lowest BCUT2D eigenvalue weighted by atomic mass is 10.2. The summed E-state index contributed by atoms with van der Waals surface area (Å²) in [6.45, 7) is 2.13. The monoisotopic (exact) mass is 234 g/mol. The van der Waals surface area contributed by atoms with Gasteiger partial charge in [-0.25, -0.2) is 4.98 Å². The number of nitrogens with zero attached hydrogens (tertiary/aromatic N) is 2. The Balaban J connectivity index is 2.21. The molecular weight excluding hydrogens is 220 g/mol. The van der Waals surface area contributed by atoms with E-state index in [1.165, 1.54) is 12.1 Å². The number of non-ortho nitro benzene ring substituents is 1. The third-order valence-electron chi connectivity index (χ3n) is 2.62. The Morgan fingerprint density at radius 2 is 2.24 bits per heavy atom. The van der Waals surface area contributed by atoms with Gasteiger partial charge in [-0.15, -0.1) is 0 Å². The Kier molecular flexibility index (Phi) is 3.37. The first-order valence-corrected chi connectivity index (χ1v) is 5.74. The van der Waals surface area contributed by atoms with Crippen LogP contribution in [0.5, 0.6) is 0 Å². The number of hydrogen-bond donors (Lipinski definition) is 0. The van der Waals surface area contributed by atoms with Crippen LogP contribution in [0.3, 0.4) is 0 Å². The van der Waals surface area contributed by atoms with E-state index >= 15 is 0 Å². The van der Waals surface area contributed by atoms with Gasteiger partial charge in [0.1, 0.15) is 5.52 Å².